The first-order chi connectivity index (χ1) is 15.9. The summed E-state index contributed by atoms with van der Waals surface area (Å²) in [7, 11) is 0. The Morgan fingerprint density at radius 1 is 1.06 bits per heavy atom. The van der Waals surface area contributed by atoms with Gasteiger partial charge in [0.2, 0.25) is 5.78 Å². The number of Topliss-reactive ketones (excluding diaryl/α,β-unsaturated/α-hetero) is 1. The molecule has 0 bridgehead atoms. The van der Waals surface area contributed by atoms with Crippen molar-refractivity contribution in [1.29, 1.82) is 0 Å². The van der Waals surface area contributed by atoms with Gasteiger partial charge in [-0.15, -0.1) is 0 Å². The Morgan fingerprint density at radius 2 is 1.79 bits per heavy atom. The standard InChI is InChI=1S/C27H25ClFNO3/c1-4-30(5-2)19-11-9-18(10-12-19)15-25-26(31)20-13-14-24(17(3)27(20)33-25)32-16-21-22(28)7-6-8-23(21)29/h6-15H,4-5,16H2,1-3H3/b25-15-. The predicted octanol–water partition coefficient (Wildman–Crippen LogP) is 6.83. The molecule has 33 heavy (non-hydrogen) atoms. The number of ether oxygens (including phenoxy) is 2. The number of rotatable bonds is 7. The van der Waals surface area contributed by atoms with Gasteiger partial charge < -0.3 is 14.4 Å². The number of carbonyl (C=O) groups excluding carboxylic acids is 1. The van der Waals surface area contributed by atoms with Crippen LogP contribution in [0.2, 0.25) is 5.02 Å². The Bertz CT molecular complexity index is 1200. The van der Waals surface area contributed by atoms with Gasteiger partial charge in [0, 0.05) is 29.9 Å². The highest BCUT2D eigenvalue weighted by molar-refractivity contribution is 6.31. The van der Waals surface area contributed by atoms with E-state index in [-0.39, 0.29) is 23.7 Å². The van der Waals surface area contributed by atoms with E-state index in [0.29, 0.717) is 27.6 Å². The first-order valence-electron chi connectivity index (χ1n) is 10.9. The molecule has 0 spiro atoms. The Kier molecular flexibility index (Phi) is 6.70. The molecular formula is C27H25ClFNO3. The minimum atomic E-state index is -0.426. The zero-order chi connectivity index (χ0) is 23.5. The number of nitrogens with zero attached hydrogens (tertiary/aromatic N) is 1. The molecule has 6 heteroatoms. The maximum absolute atomic E-state index is 14.0. The number of hydrogen-bond donors (Lipinski definition) is 0. The molecule has 0 radical (unpaired) electrons. The van der Waals surface area contributed by atoms with Crippen LogP contribution in [0.1, 0.15) is 40.9 Å². The summed E-state index contributed by atoms with van der Waals surface area (Å²) >= 11 is 6.09. The van der Waals surface area contributed by atoms with Gasteiger partial charge in [0.25, 0.3) is 0 Å². The molecule has 0 saturated carbocycles. The second-order valence-corrected chi connectivity index (χ2v) is 8.17. The smallest absolute Gasteiger partial charge is 0.231 e. The molecule has 0 aliphatic carbocycles. The van der Waals surface area contributed by atoms with Crippen molar-refractivity contribution in [2.75, 3.05) is 18.0 Å². The summed E-state index contributed by atoms with van der Waals surface area (Å²) in [4.78, 5) is 15.1. The van der Waals surface area contributed by atoms with Gasteiger partial charge in [0.15, 0.2) is 5.76 Å². The topological polar surface area (TPSA) is 38.8 Å². The van der Waals surface area contributed by atoms with Crippen LogP contribution in [-0.4, -0.2) is 18.9 Å². The molecule has 4 nitrogen and oxygen atoms in total. The second-order valence-electron chi connectivity index (χ2n) is 7.76. The van der Waals surface area contributed by atoms with Crippen LogP contribution in [-0.2, 0) is 6.61 Å². The lowest BCUT2D eigenvalue weighted by atomic mass is 10.1. The van der Waals surface area contributed by atoms with Crippen LogP contribution in [0.4, 0.5) is 10.1 Å². The van der Waals surface area contributed by atoms with Crippen LogP contribution in [0.5, 0.6) is 11.5 Å². The van der Waals surface area contributed by atoms with Gasteiger partial charge in [-0.25, -0.2) is 4.39 Å². The van der Waals surface area contributed by atoms with Crippen molar-refractivity contribution in [1.82, 2.24) is 0 Å². The highest BCUT2D eigenvalue weighted by Gasteiger charge is 2.30. The lowest BCUT2D eigenvalue weighted by molar-refractivity contribution is 0.101. The van der Waals surface area contributed by atoms with Crippen LogP contribution >= 0.6 is 11.6 Å². The maximum atomic E-state index is 14.0. The number of benzene rings is 3. The molecule has 1 aliphatic rings. The summed E-state index contributed by atoms with van der Waals surface area (Å²) in [5.41, 5.74) is 3.45. The van der Waals surface area contributed by atoms with Gasteiger partial charge in [0.1, 0.15) is 23.9 Å². The number of allylic oxidation sites excluding steroid dienone is 1. The van der Waals surface area contributed by atoms with Crippen LogP contribution in [0.25, 0.3) is 6.08 Å². The van der Waals surface area contributed by atoms with Crippen LogP contribution in [0, 0.1) is 12.7 Å². The van der Waals surface area contributed by atoms with Gasteiger partial charge in [-0.05, 0) is 68.8 Å². The second kappa shape index (κ2) is 9.67. The highest BCUT2D eigenvalue weighted by Crippen LogP contribution is 2.39. The SMILES string of the molecule is CCN(CC)c1ccc(/C=C2\Oc3c(ccc(OCc4c(F)cccc4Cl)c3C)C2=O)cc1. The van der Waals surface area contributed by atoms with Crippen LogP contribution in [0.15, 0.2) is 60.4 Å². The third-order valence-electron chi connectivity index (χ3n) is 5.79. The average Bonchev–Trinajstić information content (AvgIpc) is 3.13. The fraction of sp³-hybridized carbons (Fsp3) is 0.222. The third-order valence-corrected chi connectivity index (χ3v) is 6.14. The monoisotopic (exact) mass is 465 g/mol. The van der Waals surface area contributed by atoms with Gasteiger partial charge in [0.05, 0.1) is 10.6 Å². The van der Waals surface area contributed by atoms with Crippen molar-refractivity contribution >= 4 is 29.1 Å². The number of ketones is 1. The molecule has 0 amide bonds. The maximum Gasteiger partial charge on any atom is 0.231 e. The summed E-state index contributed by atoms with van der Waals surface area (Å²) in [6, 6.07) is 15.9. The lowest BCUT2D eigenvalue weighted by Crippen LogP contribution is -2.21. The van der Waals surface area contributed by atoms with E-state index in [9.17, 15) is 9.18 Å². The molecule has 0 saturated heterocycles. The molecule has 4 rings (SSSR count). The van der Waals surface area contributed by atoms with E-state index in [1.807, 2.05) is 31.2 Å². The zero-order valence-corrected chi connectivity index (χ0v) is 19.6. The molecule has 0 N–H and O–H groups in total. The molecule has 170 valence electrons. The summed E-state index contributed by atoms with van der Waals surface area (Å²) in [5, 5.41) is 0.303. The zero-order valence-electron chi connectivity index (χ0n) is 18.8. The van der Waals surface area contributed by atoms with Gasteiger partial charge >= 0.3 is 0 Å². The summed E-state index contributed by atoms with van der Waals surface area (Å²) in [5.74, 6) is 0.626. The third kappa shape index (κ3) is 4.60. The summed E-state index contributed by atoms with van der Waals surface area (Å²) in [6.45, 7) is 7.88. The molecule has 0 fully saturated rings. The normalized spacial score (nSPS) is 13.7. The molecular weight excluding hydrogens is 441 g/mol. The van der Waals surface area contributed by atoms with Gasteiger partial charge in [-0.2, -0.15) is 0 Å². The first-order valence-corrected chi connectivity index (χ1v) is 11.3. The quantitative estimate of drug-likeness (QED) is 0.358. The Labute approximate surface area is 198 Å². The molecule has 1 heterocycles. The minimum Gasteiger partial charge on any atom is -0.488 e. The van der Waals surface area contributed by atoms with Crippen molar-refractivity contribution in [3.8, 4) is 11.5 Å². The van der Waals surface area contributed by atoms with Gasteiger partial charge in [-0.1, -0.05) is 29.8 Å². The van der Waals surface area contributed by atoms with E-state index in [4.69, 9.17) is 21.1 Å². The minimum absolute atomic E-state index is 0.0271. The van der Waals surface area contributed by atoms with E-state index >= 15 is 0 Å². The highest BCUT2D eigenvalue weighted by atomic mass is 35.5. The first kappa shape index (κ1) is 22.9. The van der Waals surface area contributed by atoms with Crippen LogP contribution < -0.4 is 14.4 Å². The summed E-state index contributed by atoms with van der Waals surface area (Å²) < 4.78 is 25.8. The van der Waals surface area contributed by atoms with Crippen molar-refractivity contribution in [3.05, 3.63) is 93.5 Å². The molecule has 0 atom stereocenters. The van der Waals surface area contributed by atoms with E-state index in [1.54, 1.807) is 30.3 Å². The van der Waals surface area contributed by atoms with Crippen LogP contribution in [0.3, 0.4) is 0 Å². The number of fused-ring (bicyclic) bond motifs is 1. The fourth-order valence-electron chi connectivity index (χ4n) is 3.87. The van der Waals surface area contributed by atoms with E-state index in [1.165, 1.54) is 6.07 Å². The fourth-order valence-corrected chi connectivity index (χ4v) is 4.08. The summed E-state index contributed by atoms with van der Waals surface area (Å²) in [6.07, 6.45) is 1.74. The number of anilines is 1. The Morgan fingerprint density at radius 3 is 2.45 bits per heavy atom. The predicted molar refractivity (Wildman–Crippen MR) is 130 cm³/mol. The van der Waals surface area contributed by atoms with Crippen molar-refractivity contribution < 1.29 is 18.7 Å². The van der Waals surface area contributed by atoms with Crippen molar-refractivity contribution in [3.63, 3.8) is 0 Å². The average molecular weight is 466 g/mol. The molecule has 3 aromatic carbocycles. The molecule has 0 unspecified atom stereocenters. The van der Waals surface area contributed by atoms with Gasteiger partial charge in [-0.3, -0.25) is 4.79 Å². The Balaban J connectivity index is 1.54. The molecule has 1 aliphatic heterocycles. The van der Waals surface area contributed by atoms with Crippen molar-refractivity contribution in [2.45, 2.75) is 27.4 Å². The molecule has 3 aromatic rings. The molecule has 0 aromatic heterocycles. The number of halogens is 2. The van der Waals surface area contributed by atoms with E-state index in [0.717, 1.165) is 24.3 Å². The lowest BCUT2D eigenvalue weighted by Gasteiger charge is -2.20. The number of hydrogen-bond acceptors (Lipinski definition) is 4. The van der Waals surface area contributed by atoms with Crippen molar-refractivity contribution in [2.24, 2.45) is 0 Å². The largest absolute Gasteiger partial charge is 0.488 e. The number of carbonyl (C=O) groups is 1. The Hall–Kier alpha value is -3.31. The van der Waals surface area contributed by atoms with E-state index < -0.39 is 5.82 Å². The van der Waals surface area contributed by atoms with E-state index in [2.05, 4.69) is 18.7 Å².